The molecule has 4 aromatic rings. The number of H-pyrrole nitrogens is 1. The molecule has 0 amide bonds. The number of para-hydroxylation sites is 1. The van der Waals surface area contributed by atoms with E-state index in [1.807, 2.05) is 30.3 Å². The minimum Gasteiger partial charge on any atom is -0.464 e. The molecule has 1 aliphatic rings. The number of nitrogens with zero attached hydrogens (tertiary/aromatic N) is 4. The molecule has 0 radical (unpaired) electrons. The topological polar surface area (TPSA) is 168 Å². The molecule has 184 valence electrons. The minimum atomic E-state index is -1.29. The number of benzene rings is 1. The van der Waals surface area contributed by atoms with Crippen LogP contribution in [-0.4, -0.2) is 83.4 Å². The van der Waals surface area contributed by atoms with Crippen molar-refractivity contribution >= 4 is 33.9 Å². The van der Waals surface area contributed by atoms with Crippen LogP contribution in [0.2, 0.25) is 0 Å². The van der Waals surface area contributed by atoms with Gasteiger partial charge in [0.1, 0.15) is 30.7 Å². The average Bonchev–Trinajstić information content (AvgIpc) is 3.55. The number of carbonyl (C=O) groups is 1. The van der Waals surface area contributed by atoms with E-state index in [1.54, 1.807) is 6.92 Å². The third kappa shape index (κ3) is 4.32. The van der Waals surface area contributed by atoms with Gasteiger partial charge in [-0.1, -0.05) is 18.2 Å². The van der Waals surface area contributed by atoms with Crippen LogP contribution in [0.5, 0.6) is 0 Å². The van der Waals surface area contributed by atoms with Crippen molar-refractivity contribution in [3.63, 3.8) is 0 Å². The molecule has 4 heterocycles. The third-order valence-corrected chi connectivity index (χ3v) is 6.04. The lowest BCUT2D eigenvalue weighted by molar-refractivity contribution is -0.144. The van der Waals surface area contributed by atoms with E-state index in [1.165, 1.54) is 17.2 Å². The molecule has 1 fully saturated rings. The Labute approximate surface area is 199 Å². The Morgan fingerprint density at radius 3 is 2.83 bits per heavy atom. The number of aromatic amines is 1. The molecule has 1 aliphatic heterocycles. The predicted molar refractivity (Wildman–Crippen MR) is 124 cm³/mol. The quantitative estimate of drug-likeness (QED) is 0.223. The first-order chi connectivity index (χ1) is 17.0. The number of rotatable bonds is 8. The maximum atomic E-state index is 12.8. The molecule has 3 aromatic heterocycles. The summed E-state index contributed by atoms with van der Waals surface area (Å²) in [5.74, 6) is -0.143. The number of aliphatic hydroxyl groups is 3. The number of esters is 1. The number of carbonyl (C=O) groups excluding carboxylic acids is 1. The molecular weight excluding hydrogens is 456 g/mol. The highest BCUT2D eigenvalue weighted by Gasteiger charge is 2.44. The number of hydrogen-bond acceptors (Lipinski definition) is 10. The zero-order chi connectivity index (χ0) is 24.5. The van der Waals surface area contributed by atoms with Gasteiger partial charge in [-0.3, -0.25) is 4.57 Å². The summed E-state index contributed by atoms with van der Waals surface area (Å²) in [6.45, 7) is 1.52. The highest BCUT2D eigenvalue weighted by molar-refractivity contribution is 5.87. The maximum Gasteiger partial charge on any atom is 0.328 e. The Morgan fingerprint density at radius 2 is 2.09 bits per heavy atom. The van der Waals surface area contributed by atoms with Crippen LogP contribution in [0.15, 0.2) is 43.0 Å². The molecule has 1 aromatic carbocycles. The summed E-state index contributed by atoms with van der Waals surface area (Å²) in [5.41, 5.74) is 2.48. The normalized spacial score (nSPS) is 23.1. The van der Waals surface area contributed by atoms with Crippen LogP contribution in [0.1, 0.15) is 18.8 Å². The molecule has 0 spiro atoms. The molecule has 0 unspecified atom stereocenters. The van der Waals surface area contributed by atoms with Crippen LogP contribution in [0.25, 0.3) is 22.1 Å². The second-order valence-corrected chi connectivity index (χ2v) is 8.31. The molecule has 12 heteroatoms. The third-order valence-electron chi connectivity index (χ3n) is 6.04. The fraction of sp³-hybridized carbons (Fsp3) is 0.391. The van der Waals surface area contributed by atoms with Gasteiger partial charge in [0.05, 0.1) is 19.5 Å². The zero-order valence-corrected chi connectivity index (χ0v) is 18.9. The Morgan fingerprint density at radius 1 is 1.26 bits per heavy atom. The lowest BCUT2D eigenvalue weighted by atomic mass is 10.1. The number of hydrogen-bond donors (Lipinski definition) is 5. The van der Waals surface area contributed by atoms with E-state index in [-0.39, 0.29) is 6.61 Å². The molecule has 5 N–H and O–H groups in total. The van der Waals surface area contributed by atoms with Crippen molar-refractivity contribution in [3.8, 4) is 0 Å². The van der Waals surface area contributed by atoms with E-state index in [0.717, 1.165) is 16.6 Å². The Hall–Kier alpha value is -3.58. The summed E-state index contributed by atoms with van der Waals surface area (Å²) >= 11 is 0. The largest absolute Gasteiger partial charge is 0.464 e. The fourth-order valence-electron chi connectivity index (χ4n) is 4.32. The summed E-state index contributed by atoms with van der Waals surface area (Å²) in [4.78, 5) is 29.0. The summed E-state index contributed by atoms with van der Waals surface area (Å²) in [6.07, 6.45) is -1.46. The highest BCUT2D eigenvalue weighted by Crippen LogP contribution is 2.32. The van der Waals surface area contributed by atoms with Crippen molar-refractivity contribution in [1.29, 1.82) is 0 Å². The van der Waals surface area contributed by atoms with Crippen molar-refractivity contribution in [2.45, 2.75) is 43.9 Å². The number of imidazole rings is 1. The van der Waals surface area contributed by atoms with Gasteiger partial charge >= 0.3 is 5.97 Å². The molecule has 0 bridgehead atoms. The smallest absolute Gasteiger partial charge is 0.328 e. The number of aliphatic hydroxyl groups excluding tert-OH is 3. The lowest BCUT2D eigenvalue weighted by Crippen LogP contribution is -2.34. The molecule has 35 heavy (non-hydrogen) atoms. The van der Waals surface area contributed by atoms with E-state index in [9.17, 15) is 20.1 Å². The van der Waals surface area contributed by atoms with Crippen molar-refractivity contribution < 1.29 is 29.6 Å². The van der Waals surface area contributed by atoms with Crippen molar-refractivity contribution in [2.24, 2.45) is 0 Å². The Kier molecular flexibility index (Phi) is 6.34. The SMILES string of the molecule is CCOC(=O)[C@@H](Cc1cc2ccccc2[nH]1)Nc1ncnc2c1ncn2[C@@H]1O[C@H](CO)[C@H](O)[C@@H]1O. The van der Waals surface area contributed by atoms with E-state index in [0.29, 0.717) is 23.4 Å². The van der Waals surface area contributed by atoms with Gasteiger partial charge in [0.2, 0.25) is 0 Å². The van der Waals surface area contributed by atoms with Crippen molar-refractivity contribution in [3.05, 3.63) is 48.7 Å². The number of anilines is 1. The summed E-state index contributed by atoms with van der Waals surface area (Å²) in [7, 11) is 0. The van der Waals surface area contributed by atoms with Gasteiger partial charge in [-0.15, -0.1) is 0 Å². The van der Waals surface area contributed by atoms with Crippen LogP contribution in [0.3, 0.4) is 0 Å². The van der Waals surface area contributed by atoms with Gasteiger partial charge in [-0.05, 0) is 24.4 Å². The van der Waals surface area contributed by atoms with Crippen LogP contribution in [0, 0.1) is 0 Å². The average molecular weight is 482 g/mol. The summed E-state index contributed by atoms with van der Waals surface area (Å²) in [5, 5.41) is 34.1. The molecule has 1 saturated heterocycles. The Balaban J connectivity index is 1.44. The van der Waals surface area contributed by atoms with E-state index >= 15 is 0 Å². The minimum absolute atomic E-state index is 0.225. The molecule has 5 atom stereocenters. The van der Waals surface area contributed by atoms with Gasteiger partial charge < -0.3 is 35.1 Å². The molecule has 0 aliphatic carbocycles. The number of ether oxygens (including phenoxy) is 2. The zero-order valence-electron chi connectivity index (χ0n) is 18.9. The van der Waals surface area contributed by atoms with Crippen molar-refractivity contribution in [2.75, 3.05) is 18.5 Å². The van der Waals surface area contributed by atoms with Crippen LogP contribution in [-0.2, 0) is 20.7 Å². The molecular formula is C23H26N6O6. The number of fused-ring (bicyclic) bond motifs is 2. The van der Waals surface area contributed by atoms with Crippen molar-refractivity contribution in [1.82, 2.24) is 24.5 Å². The first kappa shape index (κ1) is 23.2. The number of nitrogens with one attached hydrogen (secondary N) is 2. The predicted octanol–water partition coefficient (Wildman–Crippen LogP) is 0.505. The van der Waals surface area contributed by atoms with Gasteiger partial charge in [0, 0.05) is 17.6 Å². The summed E-state index contributed by atoms with van der Waals surface area (Å²) in [6, 6.07) is 9.05. The first-order valence-electron chi connectivity index (χ1n) is 11.3. The van der Waals surface area contributed by atoms with Crippen LogP contribution >= 0.6 is 0 Å². The van der Waals surface area contributed by atoms with Gasteiger partial charge in [0.25, 0.3) is 0 Å². The standard InChI is InChI=1S/C23H26N6O6/c1-2-34-23(33)15(8-13-7-12-5-3-4-6-14(12)27-13)28-20-17-21(25-10-24-20)29(11-26-17)22-19(32)18(31)16(9-30)35-22/h3-7,10-11,15-16,18-19,22,27,30-32H,2,8-9H2,1H3,(H,24,25,28)/t15-,16-,18+,19+,22-/m1/s1. The monoisotopic (exact) mass is 482 g/mol. The van der Waals surface area contributed by atoms with Gasteiger partial charge in [0.15, 0.2) is 23.2 Å². The van der Waals surface area contributed by atoms with Crippen LogP contribution in [0.4, 0.5) is 5.82 Å². The van der Waals surface area contributed by atoms with E-state index < -0.39 is 43.2 Å². The van der Waals surface area contributed by atoms with Crippen LogP contribution < -0.4 is 5.32 Å². The maximum absolute atomic E-state index is 12.8. The van der Waals surface area contributed by atoms with Gasteiger partial charge in [-0.25, -0.2) is 19.7 Å². The van der Waals surface area contributed by atoms with E-state index in [4.69, 9.17) is 9.47 Å². The Bertz CT molecular complexity index is 1310. The summed E-state index contributed by atoms with van der Waals surface area (Å²) < 4.78 is 12.3. The fourth-order valence-corrected chi connectivity index (χ4v) is 4.32. The first-order valence-corrected chi connectivity index (χ1v) is 11.3. The van der Waals surface area contributed by atoms with Gasteiger partial charge in [-0.2, -0.15) is 0 Å². The number of aromatic nitrogens is 5. The molecule has 12 nitrogen and oxygen atoms in total. The molecule has 0 saturated carbocycles. The highest BCUT2D eigenvalue weighted by atomic mass is 16.6. The second-order valence-electron chi connectivity index (χ2n) is 8.31. The van der Waals surface area contributed by atoms with E-state index in [2.05, 4.69) is 25.3 Å². The molecule has 5 rings (SSSR count). The lowest BCUT2D eigenvalue weighted by Gasteiger charge is -2.18. The second kappa shape index (κ2) is 9.58.